The van der Waals surface area contributed by atoms with E-state index in [1.807, 2.05) is 0 Å². The van der Waals surface area contributed by atoms with Crippen LogP contribution in [0.25, 0.3) is 0 Å². The number of hydrogen-bond acceptors (Lipinski definition) is 0. The zero-order valence-electron chi connectivity index (χ0n) is 6.70. The molecule has 0 unspecified atom stereocenters. The van der Waals surface area contributed by atoms with Crippen molar-refractivity contribution in [3.63, 3.8) is 0 Å². The summed E-state index contributed by atoms with van der Waals surface area (Å²) in [5.41, 5.74) is 1.53. The summed E-state index contributed by atoms with van der Waals surface area (Å²) in [7, 11) is 0. The molecule has 0 fully saturated rings. The van der Waals surface area contributed by atoms with Gasteiger partial charge in [-0.25, -0.2) is 0 Å². The van der Waals surface area contributed by atoms with Crippen LogP contribution in [-0.4, -0.2) is 0 Å². The van der Waals surface area contributed by atoms with E-state index in [1.54, 1.807) is 28.0 Å². The molecule has 0 aliphatic heterocycles. The van der Waals surface area contributed by atoms with Gasteiger partial charge in [0.2, 0.25) is 0 Å². The van der Waals surface area contributed by atoms with Crippen LogP contribution in [0.3, 0.4) is 0 Å². The molecule has 0 radical (unpaired) electrons. The molecule has 1 aliphatic rings. The van der Waals surface area contributed by atoms with Crippen LogP contribution in [-0.2, 0) is 24.7 Å². The summed E-state index contributed by atoms with van der Waals surface area (Å²) in [5, 5.41) is 0. The Balaban J connectivity index is 0. The molecule has 0 heterocycles. The van der Waals surface area contributed by atoms with Crippen LogP contribution in [0.5, 0.6) is 0 Å². The molecule has 0 N–H and O–H groups in total. The molecule has 0 atom stereocenters. The molecule has 0 amide bonds. The molecule has 0 spiro atoms. The van der Waals surface area contributed by atoms with Crippen molar-refractivity contribution in [2.45, 2.75) is 20.3 Å². The Kier molecular flexibility index (Phi) is 7.30. The summed E-state index contributed by atoms with van der Waals surface area (Å²) in [6.45, 7) is 4.49. The van der Waals surface area contributed by atoms with Gasteiger partial charge in [-0.2, -0.15) is 0 Å². The minimum Gasteiger partial charge on any atom is -1.00 e. The first-order chi connectivity index (χ1) is 4.20. The number of hydrogen-bond donors (Lipinski definition) is 0. The summed E-state index contributed by atoms with van der Waals surface area (Å²) in [6.07, 6.45) is 5.89. The van der Waals surface area contributed by atoms with Gasteiger partial charge < -0.3 is 9.41 Å². The van der Waals surface area contributed by atoms with E-state index in [0.717, 1.165) is 5.92 Å². The molecule has 0 bridgehead atoms. The molecule has 1 aliphatic carbocycles. The van der Waals surface area contributed by atoms with E-state index in [-0.39, 0.29) is 9.41 Å². The Hall–Kier alpha value is 0.223. The fourth-order valence-electron chi connectivity index (χ4n) is 0.949. The summed E-state index contributed by atoms with van der Waals surface area (Å²) < 4.78 is 1.59. The maximum absolute atomic E-state index is 2.34. The van der Waals surface area contributed by atoms with E-state index < -0.39 is 0 Å². The van der Waals surface area contributed by atoms with E-state index >= 15 is 0 Å². The van der Waals surface area contributed by atoms with Crippen molar-refractivity contribution in [1.29, 1.82) is 0 Å². The smallest absolute Gasteiger partial charge is 1.00 e. The van der Waals surface area contributed by atoms with Crippen molar-refractivity contribution in [3.8, 4) is 0 Å². The van der Waals surface area contributed by atoms with E-state index in [4.69, 9.17) is 0 Å². The first kappa shape index (κ1) is 13.8. The van der Waals surface area contributed by atoms with Gasteiger partial charge in [-0.3, -0.25) is 0 Å². The third-order valence-corrected chi connectivity index (χ3v) is 2.42. The Labute approximate surface area is 81.3 Å². The standard InChI is InChI=1S/C8H11.2FH.Zr/c1-7(2)8-5-3-4-6-8;;;/h5-7H,3H2,1-2H3;2*1H;/q;;;+2/p-2. The van der Waals surface area contributed by atoms with Crippen LogP contribution < -0.4 is 9.41 Å². The van der Waals surface area contributed by atoms with Crippen molar-refractivity contribution in [2.75, 3.05) is 0 Å². The Morgan fingerprint density at radius 2 is 1.91 bits per heavy atom. The zero-order valence-corrected chi connectivity index (χ0v) is 9.15. The number of halogens is 2. The van der Waals surface area contributed by atoms with Crippen LogP contribution in [0.2, 0.25) is 0 Å². The van der Waals surface area contributed by atoms with Crippen LogP contribution in [0.15, 0.2) is 21.0 Å². The summed E-state index contributed by atoms with van der Waals surface area (Å²) in [5.74, 6) is 0.725. The van der Waals surface area contributed by atoms with E-state index in [1.165, 1.54) is 12.0 Å². The third kappa shape index (κ3) is 3.95. The normalized spacial score (nSPS) is 15.0. The van der Waals surface area contributed by atoms with Gasteiger partial charge in [0.25, 0.3) is 0 Å². The molecular formula is C8H11F2Zr. The van der Waals surface area contributed by atoms with Crippen LogP contribution in [0, 0.1) is 5.92 Å². The van der Waals surface area contributed by atoms with Gasteiger partial charge in [0, 0.05) is 0 Å². The first-order valence-corrected chi connectivity index (χ1v) is 4.55. The van der Waals surface area contributed by atoms with Gasteiger partial charge in [0.15, 0.2) is 0 Å². The average Bonchev–Trinajstić information content (AvgIpc) is 2.14. The Morgan fingerprint density at radius 1 is 1.36 bits per heavy atom. The second-order valence-corrected chi connectivity index (χ2v) is 4.31. The Morgan fingerprint density at radius 3 is 2.09 bits per heavy atom. The van der Waals surface area contributed by atoms with Crippen LogP contribution in [0.1, 0.15) is 20.3 Å². The maximum Gasteiger partial charge on any atom is -1.00 e. The second-order valence-electron chi connectivity index (χ2n) is 2.73. The predicted octanol–water partition coefficient (Wildman–Crippen LogP) is -3.59. The van der Waals surface area contributed by atoms with Crippen molar-refractivity contribution in [2.24, 2.45) is 5.92 Å². The molecule has 11 heavy (non-hydrogen) atoms. The minimum atomic E-state index is 0. The van der Waals surface area contributed by atoms with E-state index in [9.17, 15) is 0 Å². The molecule has 1 rings (SSSR count). The zero-order chi connectivity index (χ0) is 6.85. The SMILES string of the molecule is CC(C)C1=CC[C]([Zr+2])=C1.[F-].[F-]. The van der Waals surface area contributed by atoms with Crippen LogP contribution in [0.4, 0.5) is 0 Å². The first-order valence-electron chi connectivity index (χ1n) is 3.32. The molecule has 3 heteroatoms. The van der Waals surface area contributed by atoms with E-state index in [0.29, 0.717) is 0 Å². The van der Waals surface area contributed by atoms with Gasteiger partial charge >= 0.3 is 71.9 Å². The number of rotatable bonds is 1. The average molecular weight is 236 g/mol. The molecule has 0 aromatic rings. The van der Waals surface area contributed by atoms with Gasteiger partial charge in [-0.05, 0) is 0 Å². The van der Waals surface area contributed by atoms with Crippen molar-refractivity contribution >= 4 is 0 Å². The minimum absolute atomic E-state index is 0. The predicted molar refractivity (Wildman–Crippen MR) is 35.6 cm³/mol. The fourth-order valence-corrected chi connectivity index (χ4v) is 1.61. The quantitative estimate of drug-likeness (QED) is 0.442. The fraction of sp³-hybridized carbons (Fsp3) is 0.500. The van der Waals surface area contributed by atoms with E-state index in [2.05, 4.69) is 26.0 Å². The molecule has 0 saturated carbocycles. The molecule has 0 nitrogen and oxygen atoms in total. The summed E-state index contributed by atoms with van der Waals surface area (Å²) >= 11 is 1.58. The molecule has 0 aromatic heterocycles. The molecule has 0 saturated heterocycles. The third-order valence-electron chi connectivity index (χ3n) is 1.57. The van der Waals surface area contributed by atoms with Gasteiger partial charge in [0.05, 0.1) is 0 Å². The molecule has 0 aromatic carbocycles. The number of allylic oxidation sites excluding steroid dienone is 4. The van der Waals surface area contributed by atoms with Gasteiger partial charge in [0.1, 0.15) is 0 Å². The summed E-state index contributed by atoms with van der Waals surface area (Å²) in [6, 6.07) is 0. The van der Waals surface area contributed by atoms with Gasteiger partial charge in [-0.1, -0.05) is 0 Å². The monoisotopic (exact) mass is 235 g/mol. The molecule has 61 valence electrons. The topological polar surface area (TPSA) is 0 Å². The van der Waals surface area contributed by atoms with Crippen molar-refractivity contribution in [3.05, 3.63) is 21.0 Å². The summed E-state index contributed by atoms with van der Waals surface area (Å²) in [4.78, 5) is 0. The van der Waals surface area contributed by atoms with Crippen molar-refractivity contribution in [1.82, 2.24) is 0 Å². The largest absolute Gasteiger partial charge is 1.00 e. The Bertz CT molecular complexity index is 171. The molecular weight excluding hydrogens is 225 g/mol. The maximum atomic E-state index is 2.34. The van der Waals surface area contributed by atoms with Crippen LogP contribution >= 0.6 is 0 Å². The van der Waals surface area contributed by atoms with Gasteiger partial charge in [-0.15, -0.1) is 0 Å². The second kappa shape index (κ2) is 5.82. The van der Waals surface area contributed by atoms with Crippen molar-refractivity contribution < 1.29 is 34.1 Å².